The summed E-state index contributed by atoms with van der Waals surface area (Å²) in [6, 6.07) is 6.20. The molecule has 0 N–H and O–H groups in total. The van der Waals surface area contributed by atoms with Gasteiger partial charge in [-0.1, -0.05) is 30.3 Å². The molecule has 0 radical (unpaired) electrons. The molecule has 9 heteroatoms. The van der Waals surface area contributed by atoms with Crippen molar-refractivity contribution in [3.8, 4) is 0 Å². The lowest BCUT2D eigenvalue weighted by Crippen LogP contribution is -2.48. The van der Waals surface area contributed by atoms with Crippen LogP contribution in [0.4, 0.5) is 4.39 Å². The fourth-order valence-electron chi connectivity index (χ4n) is 4.55. The third-order valence-corrected chi connectivity index (χ3v) is 8.60. The Morgan fingerprint density at radius 2 is 1.88 bits per heavy atom. The normalized spacial score (nSPS) is 21.1. The highest BCUT2D eigenvalue weighted by Crippen LogP contribution is 2.30. The number of sulfonamides is 1. The predicted octanol–water partition coefficient (Wildman–Crippen LogP) is 3.95. The standard InChI is InChI=1S/C24H30FN3O4S/c1-17-11-14-27(15-12-17)24(29)20-7-5-13-28(16-20)33(30,31)23-18(2)26-32-22(23)10-9-19-6-3-4-8-21(19)25/h3-4,6,8-10,17,20H,5,7,11-16H2,1-2H3/b10-9+/t20-/m1/s1. The molecule has 1 atom stereocenters. The molecule has 1 aromatic carbocycles. The summed E-state index contributed by atoms with van der Waals surface area (Å²) in [5.74, 6) is -0.0548. The van der Waals surface area contributed by atoms with E-state index in [1.165, 1.54) is 22.5 Å². The van der Waals surface area contributed by atoms with Gasteiger partial charge in [-0.25, -0.2) is 12.8 Å². The minimum atomic E-state index is -3.94. The molecular formula is C24H30FN3O4S. The highest BCUT2D eigenvalue weighted by Gasteiger charge is 2.38. The second-order valence-corrected chi connectivity index (χ2v) is 10.9. The molecule has 1 aromatic heterocycles. The summed E-state index contributed by atoms with van der Waals surface area (Å²) in [5.41, 5.74) is 0.552. The first-order chi connectivity index (χ1) is 15.8. The van der Waals surface area contributed by atoms with E-state index in [1.54, 1.807) is 25.1 Å². The van der Waals surface area contributed by atoms with Crippen LogP contribution in [0.1, 0.15) is 49.6 Å². The molecule has 2 aliphatic heterocycles. The summed E-state index contributed by atoms with van der Waals surface area (Å²) in [6.07, 6.45) is 6.15. The van der Waals surface area contributed by atoms with E-state index in [-0.39, 0.29) is 34.7 Å². The summed E-state index contributed by atoms with van der Waals surface area (Å²) in [4.78, 5) is 14.9. The molecule has 1 amide bonds. The summed E-state index contributed by atoms with van der Waals surface area (Å²) in [6.45, 7) is 5.71. The molecule has 0 aliphatic carbocycles. The van der Waals surface area contributed by atoms with Gasteiger partial charge in [0, 0.05) is 31.7 Å². The first-order valence-electron chi connectivity index (χ1n) is 11.4. The molecule has 3 heterocycles. The van der Waals surface area contributed by atoms with E-state index in [9.17, 15) is 17.6 Å². The molecule has 2 aromatic rings. The Morgan fingerprint density at radius 3 is 2.61 bits per heavy atom. The SMILES string of the molecule is Cc1noc(/C=C/c2ccccc2F)c1S(=O)(=O)N1CCC[C@@H](C(=O)N2CCC(C)CC2)C1. The second-order valence-electron chi connectivity index (χ2n) is 9.03. The molecule has 4 rings (SSSR count). The van der Waals surface area contributed by atoms with Gasteiger partial charge in [0.1, 0.15) is 11.5 Å². The van der Waals surface area contributed by atoms with Crippen LogP contribution in [-0.4, -0.2) is 54.9 Å². The number of piperidine rings is 2. The van der Waals surface area contributed by atoms with Crippen molar-refractivity contribution in [1.29, 1.82) is 0 Å². The summed E-state index contributed by atoms with van der Waals surface area (Å²) in [5, 5.41) is 3.85. The van der Waals surface area contributed by atoms with E-state index < -0.39 is 15.8 Å². The third-order valence-electron chi connectivity index (χ3n) is 6.58. The maximum atomic E-state index is 14.0. The maximum absolute atomic E-state index is 14.0. The molecule has 0 saturated carbocycles. The first kappa shape index (κ1) is 23.6. The number of carbonyl (C=O) groups is 1. The summed E-state index contributed by atoms with van der Waals surface area (Å²) in [7, 11) is -3.94. The van der Waals surface area contributed by atoms with Crippen molar-refractivity contribution in [2.24, 2.45) is 11.8 Å². The molecule has 2 aliphatic rings. The number of nitrogens with zero attached hydrogens (tertiary/aromatic N) is 3. The zero-order valence-electron chi connectivity index (χ0n) is 19.0. The number of aromatic nitrogens is 1. The van der Waals surface area contributed by atoms with Crippen LogP contribution in [0.2, 0.25) is 0 Å². The third kappa shape index (κ3) is 5.04. The highest BCUT2D eigenvalue weighted by molar-refractivity contribution is 7.89. The zero-order chi connectivity index (χ0) is 23.6. The molecular weight excluding hydrogens is 445 g/mol. The Labute approximate surface area is 194 Å². The van der Waals surface area contributed by atoms with Crippen molar-refractivity contribution in [2.45, 2.75) is 44.4 Å². The molecule has 2 saturated heterocycles. The lowest BCUT2D eigenvalue weighted by molar-refractivity contribution is -0.138. The first-order valence-corrected chi connectivity index (χ1v) is 12.9. The number of benzene rings is 1. The smallest absolute Gasteiger partial charge is 0.248 e. The monoisotopic (exact) mass is 475 g/mol. The van der Waals surface area contributed by atoms with Crippen LogP contribution in [0.15, 0.2) is 33.7 Å². The van der Waals surface area contributed by atoms with E-state index in [2.05, 4.69) is 12.1 Å². The molecule has 0 spiro atoms. The van der Waals surface area contributed by atoms with Gasteiger partial charge in [0.25, 0.3) is 0 Å². The van der Waals surface area contributed by atoms with E-state index in [0.717, 1.165) is 25.9 Å². The second kappa shape index (κ2) is 9.77. The Kier molecular flexibility index (Phi) is 6.99. The van der Waals surface area contributed by atoms with E-state index >= 15 is 0 Å². The Morgan fingerprint density at radius 1 is 1.15 bits per heavy atom. The van der Waals surface area contributed by atoms with Gasteiger partial charge in [-0.2, -0.15) is 4.31 Å². The van der Waals surface area contributed by atoms with Crippen LogP contribution >= 0.6 is 0 Å². The number of carbonyl (C=O) groups excluding carboxylic acids is 1. The van der Waals surface area contributed by atoms with Gasteiger partial charge in [-0.15, -0.1) is 0 Å². The number of halogens is 1. The topological polar surface area (TPSA) is 83.7 Å². The number of likely N-dealkylation sites (tertiary alicyclic amines) is 1. The van der Waals surface area contributed by atoms with Gasteiger partial charge < -0.3 is 9.42 Å². The van der Waals surface area contributed by atoms with Crippen molar-refractivity contribution < 1.29 is 22.1 Å². The fourth-order valence-corrected chi connectivity index (χ4v) is 6.33. The molecule has 2 fully saturated rings. The largest absolute Gasteiger partial charge is 0.355 e. The summed E-state index contributed by atoms with van der Waals surface area (Å²) >= 11 is 0. The van der Waals surface area contributed by atoms with Gasteiger partial charge in [0.15, 0.2) is 10.7 Å². The Hall–Kier alpha value is -2.52. The van der Waals surface area contributed by atoms with Crippen LogP contribution in [0.25, 0.3) is 12.2 Å². The number of amides is 1. The lowest BCUT2D eigenvalue weighted by Gasteiger charge is -2.36. The van der Waals surface area contributed by atoms with Crippen LogP contribution in [0.5, 0.6) is 0 Å². The minimum Gasteiger partial charge on any atom is -0.355 e. The molecule has 0 unspecified atom stereocenters. The van der Waals surface area contributed by atoms with Gasteiger partial charge in [-0.3, -0.25) is 4.79 Å². The lowest BCUT2D eigenvalue weighted by atomic mass is 9.94. The van der Waals surface area contributed by atoms with Crippen molar-refractivity contribution in [3.63, 3.8) is 0 Å². The molecule has 33 heavy (non-hydrogen) atoms. The molecule has 0 bridgehead atoms. The zero-order valence-corrected chi connectivity index (χ0v) is 19.9. The minimum absolute atomic E-state index is 0.0324. The number of rotatable bonds is 5. The number of hydrogen-bond donors (Lipinski definition) is 0. The van der Waals surface area contributed by atoms with Gasteiger partial charge in [0.2, 0.25) is 15.9 Å². The van der Waals surface area contributed by atoms with Crippen LogP contribution in [0, 0.1) is 24.6 Å². The van der Waals surface area contributed by atoms with E-state index in [0.29, 0.717) is 30.9 Å². The molecule has 7 nitrogen and oxygen atoms in total. The molecule has 178 valence electrons. The quantitative estimate of drug-likeness (QED) is 0.654. The van der Waals surface area contributed by atoms with Crippen molar-refractivity contribution in [1.82, 2.24) is 14.4 Å². The van der Waals surface area contributed by atoms with Crippen molar-refractivity contribution >= 4 is 28.1 Å². The highest BCUT2D eigenvalue weighted by atomic mass is 32.2. The van der Waals surface area contributed by atoms with Crippen molar-refractivity contribution in [3.05, 3.63) is 47.1 Å². The number of aryl methyl sites for hydroxylation is 1. The van der Waals surface area contributed by atoms with Crippen LogP contribution in [0.3, 0.4) is 0 Å². The summed E-state index contributed by atoms with van der Waals surface area (Å²) < 4.78 is 47.7. The van der Waals surface area contributed by atoms with E-state index in [4.69, 9.17) is 4.52 Å². The average molecular weight is 476 g/mol. The maximum Gasteiger partial charge on any atom is 0.248 e. The van der Waals surface area contributed by atoms with Crippen LogP contribution < -0.4 is 0 Å². The fraction of sp³-hybridized carbons (Fsp3) is 0.500. The van der Waals surface area contributed by atoms with Gasteiger partial charge in [-0.05, 0) is 56.7 Å². The Balaban J connectivity index is 1.54. The predicted molar refractivity (Wildman–Crippen MR) is 123 cm³/mol. The van der Waals surface area contributed by atoms with E-state index in [1.807, 2.05) is 4.90 Å². The Bertz CT molecular complexity index is 1140. The van der Waals surface area contributed by atoms with Crippen molar-refractivity contribution in [2.75, 3.05) is 26.2 Å². The van der Waals surface area contributed by atoms with Gasteiger partial charge >= 0.3 is 0 Å². The van der Waals surface area contributed by atoms with Gasteiger partial charge in [0.05, 0.1) is 5.92 Å². The number of hydrogen-bond acceptors (Lipinski definition) is 5. The van der Waals surface area contributed by atoms with Crippen LogP contribution in [-0.2, 0) is 14.8 Å². The average Bonchev–Trinajstić information content (AvgIpc) is 3.19.